The maximum absolute atomic E-state index is 5.14. The first-order chi connectivity index (χ1) is 6.85. The standard InChI is InChI=1S/C12H17NO/c1-3-13(10-4-5-10)11-6-8-12(14-2)9-7-11/h6-10H,3-5H2,1-2H3. The molecule has 2 heteroatoms. The van der Waals surface area contributed by atoms with Crippen molar-refractivity contribution in [3.63, 3.8) is 0 Å². The van der Waals surface area contributed by atoms with Crippen LogP contribution in [-0.2, 0) is 0 Å². The molecular formula is C12H17NO. The van der Waals surface area contributed by atoms with Crippen LogP contribution in [-0.4, -0.2) is 19.7 Å². The first-order valence-corrected chi connectivity index (χ1v) is 5.26. The molecule has 2 rings (SSSR count). The third kappa shape index (κ3) is 1.84. The average molecular weight is 191 g/mol. The van der Waals surface area contributed by atoms with E-state index in [1.807, 2.05) is 12.1 Å². The van der Waals surface area contributed by atoms with Gasteiger partial charge in [-0.15, -0.1) is 0 Å². The van der Waals surface area contributed by atoms with Crippen molar-refractivity contribution in [2.45, 2.75) is 25.8 Å². The maximum Gasteiger partial charge on any atom is 0.119 e. The number of ether oxygens (including phenoxy) is 1. The lowest BCUT2D eigenvalue weighted by Gasteiger charge is -2.22. The van der Waals surface area contributed by atoms with Gasteiger partial charge in [0.05, 0.1) is 7.11 Å². The van der Waals surface area contributed by atoms with Crippen molar-refractivity contribution in [3.05, 3.63) is 24.3 Å². The molecule has 0 aromatic heterocycles. The Labute approximate surface area is 85.5 Å². The Bertz CT molecular complexity index is 290. The van der Waals surface area contributed by atoms with E-state index in [0.717, 1.165) is 18.3 Å². The molecule has 0 spiro atoms. The normalized spacial score (nSPS) is 15.3. The van der Waals surface area contributed by atoms with Gasteiger partial charge in [0, 0.05) is 18.3 Å². The summed E-state index contributed by atoms with van der Waals surface area (Å²) in [5.74, 6) is 0.931. The van der Waals surface area contributed by atoms with Crippen LogP contribution in [0.1, 0.15) is 19.8 Å². The smallest absolute Gasteiger partial charge is 0.119 e. The van der Waals surface area contributed by atoms with E-state index < -0.39 is 0 Å². The van der Waals surface area contributed by atoms with Gasteiger partial charge >= 0.3 is 0 Å². The minimum absolute atomic E-state index is 0.786. The highest BCUT2D eigenvalue weighted by Crippen LogP contribution is 2.31. The lowest BCUT2D eigenvalue weighted by molar-refractivity contribution is 0.415. The monoisotopic (exact) mass is 191 g/mol. The van der Waals surface area contributed by atoms with Gasteiger partial charge in [0.1, 0.15) is 5.75 Å². The summed E-state index contributed by atoms with van der Waals surface area (Å²) in [7, 11) is 1.70. The first-order valence-electron chi connectivity index (χ1n) is 5.26. The molecule has 0 aliphatic heterocycles. The summed E-state index contributed by atoms with van der Waals surface area (Å²) < 4.78 is 5.14. The molecule has 0 atom stereocenters. The molecule has 1 aliphatic rings. The van der Waals surface area contributed by atoms with Gasteiger partial charge in [0.15, 0.2) is 0 Å². The van der Waals surface area contributed by atoms with Crippen LogP contribution in [0, 0.1) is 0 Å². The SMILES string of the molecule is CCN(c1ccc(OC)cc1)C1CC1. The zero-order valence-corrected chi connectivity index (χ0v) is 8.86. The van der Waals surface area contributed by atoms with Crippen molar-refractivity contribution in [1.29, 1.82) is 0 Å². The summed E-state index contributed by atoms with van der Waals surface area (Å²) in [4.78, 5) is 2.46. The minimum Gasteiger partial charge on any atom is -0.497 e. The molecule has 0 saturated heterocycles. The van der Waals surface area contributed by atoms with Gasteiger partial charge in [-0.1, -0.05) is 0 Å². The molecule has 14 heavy (non-hydrogen) atoms. The van der Waals surface area contributed by atoms with Crippen LogP contribution in [0.25, 0.3) is 0 Å². The van der Waals surface area contributed by atoms with Crippen LogP contribution in [0.15, 0.2) is 24.3 Å². The molecule has 1 aromatic carbocycles. The molecule has 2 nitrogen and oxygen atoms in total. The summed E-state index contributed by atoms with van der Waals surface area (Å²) in [5.41, 5.74) is 1.32. The number of anilines is 1. The molecule has 76 valence electrons. The third-order valence-corrected chi connectivity index (χ3v) is 2.73. The number of hydrogen-bond donors (Lipinski definition) is 0. The van der Waals surface area contributed by atoms with E-state index in [9.17, 15) is 0 Å². The molecule has 1 saturated carbocycles. The van der Waals surface area contributed by atoms with Gasteiger partial charge in [-0.2, -0.15) is 0 Å². The highest BCUT2D eigenvalue weighted by atomic mass is 16.5. The summed E-state index contributed by atoms with van der Waals surface area (Å²) in [6, 6.07) is 9.12. The zero-order valence-electron chi connectivity index (χ0n) is 8.86. The van der Waals surface area contributed by atoms with Crippen LogP contribution >= 0.6 is 0 Å². The van der Waals surface area contributed by atoms with Crippen molar-refractivity contribution < 1.29 is 4.74 Å². The molecule has 1 fully saturated rings. The summed E-state index contributed by atoms with van der Waals surface area (Å²) in [6.45, 7) is 3.31. The van der Waals surface area contributed by atoms with Crippen molar-refractivity contribution in [3.8, 4) is 5.75 Å². The van der Waals surface area contributed by atoms with E-state index in [-0.39, 0.29) is 0 Å². The van der Waals surface area contributed by atoms with Gasteiger partial charge < -0.3 is 9.64 Å². The van der Waals surface area contributed by atoms with Crippen LogP contribution in [0.4, 0.5) is 5.69 Å². The first kappa shape index (κ1) is 9.38. The zero-order chi connectivity index (χ0) is 9.97. The number of nitrogens with zero attached hydrogens (tertiary/aromatic N) is 1. The second-order valence-corrected chi connectivity index (χ2v) is 3.72. The lowest BCUT2D eigenvalue weighted by atomic mass is 10.2. The van der Waals surface area contributed by atoms with Gasteiger partial charge in [-0.25, -0.2) is 0 Å². The lowest BCUT2D eigenvalue weighted by Crippen LogP contribution is -2.24. The maximum atomic E-state index is 5.14. The minimum atomic E-state index is 0.786. The fourth-order valence-electron chi connectivity index (χ4n) is 1.81. The van der Waals surface area contributed by atoms with Crippen LogP contribution < -0.4 is 9.64 Å². The van der Waals surface area contributed by atoms with E-state index >= 15 is 0 Å². The van der Waals surface area contributed by atoms with Gasteiger partial charge in [-0.05, 0) is 44.0 Å². The Morgan fingerprint density at radius 3 is 2.36 bits per heavy atom. The Kier molecular flexibility index (Phi) is 2.62. The van der Waals surface area contributed by atoms with Gasteiger partial charge in [0.25, 0.3) is 0 Å². The molecule has 0 bridgehead atoms. The third-order valence-electron chi connectivity index (χ3n) is 2.73. The largest absolute Gasteiger partial charge is 0.497 e. The van der Waals surface area contributed by atoms with E-state index in [4.69, 9.17) is 4.74 Å². The Morgan fingerprint density at radius 1 is 1.29 bits per heavy atom. The number of hydrogen-bond acceptors (Lipinski definition) is 2. The summed E-state index contributed by atoms with van der Waals surface area (Å²) in [5, 5.41) is 0. The second kappa shape index (κ2) is 3.91. The summed E-state index contributed by atoms with van der Waals surface area (Å²) in [6.07, 6.45) is 2.69. The summed E-state index contributed by atoms with van der Waals surface area (Å²) >= 11 is 0. The molecule has 0 amide bonds. The molecular weight excluding hydrogens is 174 g/mol. The quantitative estimate of drug-likeness (QED) is 0.725. The molecule has 0 N–H and O–H groups in total. The van der Waals surface area contributed by atoms with Crippen molar-refractivity contribution in [1.82, 2.24) is 0 Å². The van der Waals surface area contributed by atoms with Crippen LogP contribution in [0.2, 0.25) is 0 Å². The van der Waals surface area contributed by atoms with Crippen LogP contribution in [0.3, 0.4) is 0 Å². The Balaban J connectivity index is 2.13. The van der Waals surface area contributed by atoms with Crippen molar-refractivity contribution >= 4 is 5.69 Å². The fraction of sp³-hybridized carbons (Fsp3) is 0.500. The molecule has 1 aromatic rings. The highest BCUT2D eigenvalue weighted by Gasteiger charge is 2.27. The van der Waals surface area contributed by atoms with E-state index in [1.165, 1.54) is 18.5 Å². The average Bonchev–Trinajstić information content (AvgIpc) is 3.04. The molecule has 0 unspecified atom stereocenters. The molecule has 0 radical (unpaired) electrons. The number of rotatable bonds is 4. The van der Waals surface area contributed by atoms with E-state index in [1.54, 1.807) is 7.11 Å². The van der Waals surface area contributed by atoms with E-state index in [2.05, 4.69) is 24.0 Å². The van der Waals surface area contributed by atoms with E-state index in [0.29, 0.717) is 0 Å². The molecule has 1 aliphatic carbocycles. The Morgan fingerprint density at radius 2 is 1.93 bits per heavy atom. The predicted octanol–water partition coefficient (Wildman–Crippen LogP) is 2.68. The van der Waals surface area contributed by atoms with Gasteiger partial charge in [-0.3, -0.25) is 0 Å². The second-order valence-electron chi connectivity index (χ2n) is 3.72. The fourth-order valence-corrected chi connectivity index (χ4v) is 1.81. The molecule has 0 heterocycles. The number of benzene rings is 1. The number of methoxy groups -OCH3 is 1. The Hall–Kier alpha value is -1.18. The van der Waals surface area contributed by atoms with Crippen molar-refractivity contribution in [2.24, 2.45) is 0 Å². The highest BCUT2D eigenvalue weighted by molar-refractivity contribution is 5.50. The van der Waals surface area contributed by atoms with Crippen molar-refractivity contribution in [2.75, 3.05) is 18.6 Å². The van der Waals surface area contributed by atoms with Crippen LogP contribution in [0.5, 0.6) is 5.75 Å². The topological polar surface area (TPSA) is 12.5 Å². The predicted molar refractivity (Wildman–Crippen MR) is 59.0 cm³/mol. The van der Waals surface area contributed by atoms with Gasteiger partial charge in [0.2, 0.25) is 0 Å².